The molecule has 3 nitrogen and oxygen atoms in total. The van der Waals surface area contributed by atoms with Crippen LogP contribution in [-0.4, -0.2) is 17.1 Å². The van der Waals surface area contributed by atoms with Crippen molar-refractivity contribution >= 4 is 5.84 Å². The highest BCUT2D eigenvalue weighted by Gasteiger charge is 2.03. The van der Waals surface area contributed by atoms with Crippen molar-refractivity contribution in [3.63, 3.8) is 0 Å². The molecule has 2 heterocycles. The number of amidine groups is 1. The van der Waals surface area contributed by atoms with Crippen molar-refractivity contribution in [1.82, 2.24) is 4.68 Å². The van der Waals surface area contributed by atoms with Gasteiger partial charge in [-0.2, -0.15) is 0 Å². The number of nitrogens with zero attached hydrogens (tertiary/aromatic N) is 2. The van der Waals surface area contributed by atoms with Crippen LogP contribution in [0.1, 0.15) is 19.3 Å². The average molecular weight is 163 g/mol. The molecule has 1 aromatic heterocycles. The molecular formula is C9H13N3. The summed E-state index contributed by atoms with van der Waals surface area (Å²) in [5, 5.41) is 0. The molecule has 0 saturated carbocycles. The Morgan fingerprint density at radius 3 is 2.75 bits per heavy atom. The fourth-order valence-corrected chi connectivity index (χ4v) is 1.35. The van der Waals surface area contributed by atoms with Crippen LogP contribution in [0.15, 0.2) is 29.5 Å². The molecule has 1 N–H and O–H groups in total. The number of hydrogen-bond donors (Lipinski definition) is 1. The third kappa shape index (κ3) is 1.67. The van der Waals surface area contributed by atoms with Gasteiger partial charge in [0.1, 0.15) is 5.84 Å². The van der Waals surface area contributed by atoms with E-state index in [1.165, 1.54) is 12.8 Å². The van der Waals surface area contributed by atoms with Crippen LogP contribution in [0.2, 0.25) is 0 Å². The van der Waals surface area contributed by atoms with Gasteiger partial charge in [-0.25, -0.2) is 0 Å². The maximum atomic E-state index is 4.39. The molecule has 0 radical (unpaired) electrons. The SMILES string of the molecule is c1ccn(NC2=NCCCC2)c1. The minimum Gasteiger partial charge on any atom is -0.282 e. The first-order valence-corrected chi connectivity index (χ1v) is 4.38. The summed E-state index contributed by atoms with van der Waals surface area (Å²) in [6, 6.07) is 3.99. The first-order valence-electron chi connectivity index (χ1n) is 4.38. The van der Waals surface area contributed by atoms with E-state index >= 15 is 0 Å². The summed E-state index contributed by atoms with van der Waals surface area (Å²) in [4.78, 5) is 4.39. The zero-order valence-corrected chi connectivity index (χ0v) is 7.03. The van der Waals surface area contributed by atoms with Gasteiger partial charge in [-0.05, 0) is 25.0 Å². The van der Waals surface area contributed by atoms with Crippen molar-refractivity contribution in [3.8, 4) is 0 Å². The molecule has 1 aliphatic rings. The van der Waals surface area contributed by atoms with Crippen LogP contribution in [0.5, 0.6) is 0 Å². The highest BCUT2D eigenvalue weighted by molar-refractivity contribution is 5.89. The molecule has 1 aromatic rings. The molecule has 0 amide bonds. The van der Waals surface area contributed by atoms with E-state index in [2.05, 4.69) is 10.4 Å². The van der Waals surface area contributed by atoms with Crippen LogP contribution in [0.25, 0.3) is 0 Å². The van der Waals surface area contributed by atoms with Gasteiger partial charge in [0.05, 0.1) is 0 Å². The van der Waals surface area contributed by atoms with E-state index in [9.17, 15) is 0 Å². The Balaban J connectivity index is 1.98. The van der Waals surface area contributed by atoms with Gasteiger partial charge >= 0.3 is 0 Å². The lowest BCUT2D eigenvalue weighted by molar-refractivity contribution is 0.728. The highest BCUT2D eigenvalue weighted by atomic mass is 15.4. The van der Waals surface area contributed by atoms with Gasteiger partial charge in [0.2, 0.25) is 0 Å². The molecule has 0 bridgehead atoms. The second kappa shape index (κ2) is 3.43. The summed E-state index contributed by atoms with van der Waals surface area (Å²) in [6.07, 6.45) is 7.54. The summed E-state index contributed by atoms with van der Waals surface area (Å²) >= 11 is 0. The summed E-state index contributed by atoms with van der Waals surface area (Å²) in [6.45, 7) is 0.976. The van der Waals surface area contributed by atoms with Crippen LogP contribution in [0.3, 0.4) is 0 Å². The molecule has 0 unspecified atom stereocenters. The number of aromatic nitrogens is 1. The molecule has 3 heteroatoms. The molecule has 0 fully saturated rings. The first-order chi connectivity index (χ1) is 5.95. The van der Waals surface area contributed by atoms with Crippen molar-refractivity contribution in [2.45, 2.75) is 19.3 Å². The third-order valence-electron chi connectivity index (χ3n) is 1.99. The molecule has 0 atom stereocenters. The molecule has 64 valence electrons. The second-order valence-electron chi connectivity index (χ2n) is 2.99. The van der Waals surface area contributed by atoms with Gasteiger partial charge in [-0.15, -0.1) is 0 Å². The van der Waals surface area contributed by atoms with Crippen molar-refractivity contribution in [3.05, 3.63) is 24.5 Å². The van der Waals surface area contributed by atoms with E-state index in [1.54, 1.807) is 0 Å². The van der Waals surface area contributed by atoms with E-state index in [1.807, 2.05) is 29.2 Å². The number of hydrogen-bond acceptors (Lipinski definition) is 2. The molecule has 0 saturated heterocycles. The smallest absolute Gasteiger partial charge is 0.115 e. The van der Waals surface area contributed by atoms with Crippen LogP contribution in [-0.2, 0) is 0 Å². The molecule has 0 aromatic carbocycles. The Kier molecular flexibility index (Phi) is 2.12. The second-order valence-corrected chi connectivity index (χ2v) is 2.99. The third-order valence-corrected chi connectivity index (χ3v) is 1.99. The predicted molar refractivity (Wildman–Crippen MR) is 49.9 cm³/mol. The maximum absolute atomic E-state index is 4.39. The van der Waals surface area contributed by atoms with E-state index in [0.29, 0.717) is 0 Å². The Morgan fingerprint density at radius 2 is 2.08 bits per heavy atom. The number of nitrogens with one attached hydrogen (secondary N) is 1. The van der Waals surface area contributed by atoms with Gasteiger partial charge < -0.3 is 0 Å². The summed E-state index contributed by atoms with van der Waals surface area (Å²) in [7, 11) is 0. The standard InChI is InChI=1S/C9H13N3/c1-2-6-10-9(5-1)11-12-7-3-4-8-12/h3-4,7-8H,1-2,5-6H2,(H,10,11). The lowest BCUT2D eigenvalue weighted by atomic mass is 10.2. The predicted octanol–water partition coefficient (Wildman–Crippen LogP) is 1.61. The zero-order chi connectivity index (χ0) is 8.23. The molecule has 1 aliphatic heterocycles. The fraction of sp³-hybridized carbons (Fsp3) is 0.444. The van der Waals surface area contributed by atoms with Crippen molar-refractivity contribution < 1.29 is 0 Å². The van der Waals surface area contributed by atoms with Gasteiger partial charge in [0, 0.05) is 25.4 Å². The summed E-state index contributed by atoms with van der Waals surface area (Å²) in [5.74, 6) is 1.11. The van der Waals surface area contributed by atoms with Crippen molar-refractivity contribution in [2.24, 2.45) is 4.99 Å². The Morgan fingerprint density at radius 1 is 1.25 bits per heavy atom. The molecule has 12 heavy (non-hydrogen) atoms. The lowest BCUT2D eigenvalue weighted by Gasteiger charge is -2.14. The van der Waals surface area contributed by atoms with E-state index in [0.717, 1.165) is 18.8 Å². The maximum Gasteiger partial charge on any atom is 0.115 e. The van der Waals surface area contributed by atoms with Gasteiger partial charge in [-0.1, -0.05) is 0 Å². The monoisotopic (exact) mass is 163 g/mol. The number of rotatable bonds is 1. The minimum atomic E-state index is 0.976. The van der Waals surface area contributed by atoms with Crippen LogP contribution < -0.4 is 5.43 Å². The van der Waals surface area contributed by atoms with E-state index < -0.39 is 0 Å². The first kappa shape index (κ1) is 7.40. The molecule has 2 rings (SSSR count). The molecular weight excluding hydrogens is 150 g/mol. The summed E-state index contributed by atoms with van der Waals surface area (Å²) < 4.78 is 1.93. The zero-order valence-electron chi connectivity index (χ0n) is 7.03. The Hall–Kier alpha value is -1.25. The normalized spacial score (nSPS) is 17.2. The summed E-state index contributed by atoms with van der Waals surface area (Å²) in [5.41, 5.74) is 3.23. The average Bonchev–Trinajstić information content (AvgIpc) is 2.59. The van der Waals surface area contributed by atoms with Crippen molar-refractivity contribution in [1.29, 1.82) is 0 Å². The van der Waals surface area contributed by atoms with Gasteiger partial charge in [0.25, 0.3) is 0 Å². The Bertz CT molecular complexity index is 261. The van der Waals surface area contributed by atoms with Crippen LogP contribution in [0.4, 0.5) is 0 Å². The van der Waals surface area contributed by atoms with Crippen LogP contribution >= 0.6 is 0 Å². The molecule has 0 aliphatic carbocycles. The minimum absolute atomic E-state index is 0.976. The largest absolute Gasteiger partial charge is 0.282 e. The van der Waals surface area contributed by atoms with Gasteiger partial charge in [-0.3, -0.25) is 15.1 Å². The molecule has 0 spiro atoms. The quantitative estimate of drug-likeness (QED) is 0.669. The lowest BCUT2D eigenvalue weighted by Crippen LogP contribution is -2.23. The van der Waals surface area contributed by atoms with E-state index in [-0.39, 0.29) is 0 Å². The number of aliphatic imine (C=N–C) groups is 1. The van der Waals surface area contributed by atoms with Crippen LogP contribution in [0, 0.1) is 0 Å². The fourth-order valence-electron chi connectivity index (χ4n) is 1.35. The highest BCUT2D eigenvalue weighted by Crippen LogP contribution is 2.04. The van der Waals surface area contributed by atoms with Crippen molar-refractivity contribution in [2.75, 3.05) is 12.0 Å². The Labute approximate surface area is 72.1 Å². The van der Waals surface area contributed by atoms with Gasteiger partial charge in [0.15, 0.2) is 0 Å². The topological polar surface area (TPSA) is 29.3 Å². The van der Waals surface area contributed by atoms with E-state index in [4.69, 9.17) is 0 Å².